The maximum absolute atomic E-state index is 10.6. The van der Waals surface area contributed by atoms with Crippen LogP contribution in [0.1, 0.15) is 5.56 Å². The van der Waals surface area contributed by atoms with Crippen molar-refractivity contribution in [1.82, 2.24) is 4.98 Å². The summed E-state index contributed by atoms with van der Waals surface area (Å²) in [5.41, 5.74) is 0.157. The number of carbonyl (C=O) groups excluding carboxylic acids is 1. The van der Waals surface area contributed by atoms with Gasteiger partial charge in [-0.15, -0.1) is 0 Å². The van der Waals surface area contributed by atoms with Gasteiger partial charge in [-0.2, -0.15) is 5.26 Å². The van der Waals surface area contributed by atoms with Crippen molar-refractivity contribution < 1.29 is 14.6 Å². The van der Waals surface area contributed by atoms with Crippen LogP contribution >= 0.6 is 0 Å². The number of carbonyl (C=O) groups is 1. The smallest absolute Gasteiger partial charge is 0.338 e. The maximum Gasteiger partial charge on any atom is 0.338 e. The van der Waals surface area contributed by atoms with E-state index in [-0.39, 0.29) is 11.4 Å². The fourth-order valence-corrected chi connectivity index (χ4v) is 0.697. The van der Waals surface area contributed by atoms with E-state index in [9.17, 15) is 4.79 Å². The van der Waals surface area contributed by atoms with Gasteiger partial charge in [-0.3, -0.25) is 0 Å². The highest BCUT2D eigenvalue weighted by molar-refractivity contribution is 5.73. The number of hydrogen-bond acceptors (Lipinski definition) is 5. The molecule has 1 N–H and O–H groups in total. The Morgan fingerprint density at radius 2 is 2.54 bits per heavy atom. The molecular weight excluding hydrogens is 172 g/mol. The Hall–Kier alpha value is -1.93. The lowest BCUT2D eigenvalue weighted by Gasteiger charge is -2.01. The van der Waals surface area contributed by atoms with E-state index in [4.69, 9.17) is 10.4 Å². The van der Waals surface area contributed by atoms with Gasteiger partial charge in [0.15, 0.2) is 0 Å². The maximum atomic E-state index is 10.6. The van der Waals surface area contributed by atoms with Crippen LogP contribution in [0.3, 0.4) is 0 Å². The summed E-state index contributed by atoms with van der Waals surface area (Å²) in [6.45, 7) is -0.735. The fraction of sp³-hybridized carbons (Fsp3) is 0.125. The molecule has 66 valence electrons. The van der Waals surface area contributed by atoms with Crippen LogP contribution < -0.4 is 4.74 Å². The minimum atomic E-state index is -0.838. The Kier molecular flexibility index (Phi) is 2.95. The molecular formula is C8H6N2O3. The molecule has 0 saturated carbocycles. The van der Waals surface area contributed by atoms with Gasteiger partial charge in [0.1, 0.15) is 18.2 Å². The van der Waals surface area contributed by atoms with E-state index in [1.165, 1.54) is 12.3 Å². The van der Waals surface area contributed by atoms with Gasteiger partial charge in [-0.25, -0.2) is 9.78 Å². The lowest BCUT2D eigenvalue weighted by atomic mass is 10.3. The summed E-state index contributed by atoms with van der Waals surface area (Å²) in [5, 5.41) is 16.9. The first-order valence-corrected chi connectivity index (χ1v) is 3.44. The van der Waals surface area contributed by atoms with Crippen molar-refractivity contribution in [3.8, 4) is 11.9 Å². The van der Waals surface area contributed by atoms with Crippen LogP contribution in [-0.2, 0) is 4.79 Å². The molecule has 0 aliphatic carbocycles. The quantitative estimate of drug-likeness (QED) is 0.637. The Balaban J connectivity index is 2.89. The first-order chi connectivity index (χ1) is 6.27. The van der Waals surface area contributed by atoms with Crippen molar-refractivity contribution >= 4 is 5.97 Å². The molecule has 0 aliphatic heterocycles. The number of hydrogen-bond donors (Lipinski definition) is 1. The van der Waals surface area contributed by atoms with E-state index in [2.05, 4.69) is 9.72 Å². The minimum absolute atomic E-state index is 0.0796. The normalized spacial score (nSPS) is 8.92. The summed E-state index contributed by atoms with van der Waals surface area (Å²) in [6.07, 6.45) is 1.39. The van der Waals surface area contributed by atoms with Crippen molar-refractivity contribution in [3.05, 3.63) is 23.9 Å². The van der Waals surface area contributed by atoms with Crippen molar-refractivity contribution in [3.63, 3.8) is 0 Å². The third kappa shape index (κ3) is 2.25. The number of pyridine rings is 1. The first-order valence-electron chi connectivity index (χ1n) is 3.44. The largest absolute Gasteiger partial charge is 0.404 e. The van der Waals surface area contributed by atoms with Gasteiger partial charge < -0.3 is 9.84 Å². The van der Waals surface area contributed by atoms with Gasteiger partial charge in [0, 0.05) is 6.20 Å². The molecule has 0 aromatic carbocycles. The first kappa shape index (κ1) is 9.16. The highest BCUT2D eigenvalue weighted by atomic mass is 16.6. The van der Waals surface area contributed by atoms with Crippen LogP contribution in [-0.4, -0.2) is 22.7 Å². The average molecular weight is 178 g/mol. The summed E-state index contributed by atoms with van der Waals surface area (Å²) in [6, 6.07) is 4.82. The summed E-state index contributed by atoms with van der Waals surface area (Å²) < 4.78 is 4.56. The molecule has 0 atom stereocenters. The molecule has 0 unspecified atom stereocenters. The molecule has 1 rings (SSSR count). The predicted octanol–water partition coefficient (Wildman–Crippen LogP) is -0.149. The molecule has 5 nitrogen and oxygen atoms in total. The summed E-state index contributed by atoms with van der Waals surface area (Å²) in [5.74, 6) is -0.917. The van der Waals surface area contributed by atoms with Crippen molar-refractivity contribution in [2.45, 2.75) is 0 Å². The zero-order chi connectivity index (χ0) is 9.68. The molecule has 0 amide bonds. The van der Waals surface area contributed by atoms with E-state index in [1.807, 2.05) is 0 Å². The Morgan fingerprint density at radius 1 is 1.77 bits per heavy atom. The van der Waals surface area contributed by atoms with Crippen LogP contribution in [0.15, 0.2) is 18.3 Å². The molecule has 0 fully saturated rings. The molecule has 1 aromatic rings. The number of aromatic nitrogens is 1. The fourth-order valence-electron chi connectivity index (χ4n) is 0.697. The number of aliphatic hydroxyl groups is 1. The molecule has 0 spiro atoms. The van der Waals surface area contributed by atoms with Crippen LogP contribution in [0.5, 0.6) is 5.88 Å². The number of rotatable bonds is 2. The zero-order valence-electron chi connectivity index (χ0n) is 6.60. The molecule has 5 heteroatoms. The number of nitrogens with zero attached hydrogens (tertiary/aromatic N) is 2. The molecule has 0 bridgehead atoms. The lowest BCUT2D eigenvalue weighted by Crippen LogP contribution is -2.13. The third-order valence-corrected chi connectivity index (χ3v) is 1.23. The van der Waals surface area contributed by atoms with E-state index >= 15 is 0 Å². The van der Waals surface area contributed by atoms with Gasteiger partial charge in [-0.1, -0.05) is 0 Å². The van der Waals surface area contributed by atoms with Gasteiger partial charge in [0.05, 0.1) is 0 Å². The summed E-state index contributed by atoms with van der Waals surface area (Å²) in [4.78, 5) is 14.3. The zero-order valence-corrected chi connectivity index (χ0v) is 6.60. The second-order valence-electron chi connectivity index (χ2n) is 2.10. The van der Waals surface area contributed by atoms with E-state index in [0.717, 1.165) is 0 Å². The third-order valence-electron chi connectivity index (χ3n) is 1.23. The highest BCUT2D eigenvalue weighted by Gasteiger charge is 2.07. The number of aliphatic hydroxyl groups excluding tert-OH is 1. The van der Waals surface area contributed by atoms with E-state index < -0.39 is 12.6 Å². The SMILES string of the molecule is N#Cc1cccnc1OC(=O)CO. The molecule has 0 saturated heterocycles. The highest BCUT2D eigenvalue weighted by Crippen LogP contribution is 2.12. The van der Waals surface area contributed by atoms with Crippen LogP contribution in [0.2, 0.25) is 0 Å². The van der Waals surface area contributed by atoms with Gasteiger partial charge in [0.2, 0.25) is 5.88 Å². The van der Waals surface area contributed by atoms with E-state index in [0.29, 0.717) is 0 Å². The number of ether oxygens (including phenoxy) is 1. The monoisotopic (exact) mass is 178 g/mol. The van der Waals surface area contributed by atoms with Gasteiger partial charge >= 0.3 is 5.97 Å². The standard InChI is InChI=1S/C8H6N2O3/c9-4-6-2-1-3-10-8(6)13-7(12)5-11/h1-3,11H,5H2. The van der Waals surface area contributed by atoms with Crippen molar-refractivity contribution in [1.29, 1.82) is 5.26 Å². The van der Waals surface area contributed by atoms with E-state index in [1.54, 1.807) is 12.1 Å². The van der Waals surface area contributed by atoms with Gasteiger partial charge in [-0.05, 0) is 12.1 Å². The van der Waals surface area contributed by atoms with Crippen LogP contribution in [0.4, 0.5) is 0 Å². The van der Waals surface area contributed by atoms with Crippen molar-refractivity contribution in [2.24, 2.45) is 0 Å². The average Bonchev–Trinajstić information content (AvgIpc) is 2.18. The lowest BCUT2D eigenvalue weighted by molar-refractivity contribution is -0.137. The molecule has 1 aromatic heterocycles. The Bertz CT molecular complexity index is 357. The second kappa shape index (κ2) is 4.18. The summed E-state index contributed by atoms with van der Waals surface area (Å²) in [7, 11) is 0. The van der Waals surface area contributed by atoms with Crippen LogP contribution in [0, 0.1) is 11.3 Å². The number of nitriles is 1. The molecule has 0 radical (unpaired) electrons. The van der Waals surface area contributed by atoms with Gasteiger partial charge in [0.25, 0.3) is 0 Å². The predicted molar refractivity (Wildman–Crippen MR) is 41.7 cm³/mol. The molecule has 0 aliphatic rings. The second-order valence-corrected chi connectivity index (χ2v) is 2.10. The Morgan fingerprint density at radius 3 is 3.15 bits per heavy atom. The molecule has 13 heavy (non-hydrogen) atoms. The topological polar surface area (TPSA) is 83.2 Å². The summed E-state index contributed by atoms with van der Waals surface area (Å²) >= 11 is 0. The minimum Gasteiger partial charge on any atom is -0.404 e. The van der Waals surface area contributed by atoms with Crippen LogP contribution in [0.25, 0.3) is 0 Å². The molecule has 1 heterocycles. The Labute approximate surface area is 74.2 Å². The van der Waals surface area contributed by atoms with Crippen molar-refractivity contribution in [2.75, 3.05) is 6.61 Å². The number of esters is 1.